The monoisotopic (exact) mass is 458 g/mol. The van der Waals surface area contributed by atoms with Crippen LogP contribution in [0.1, 0.15) is 11.1 Å². The van der Waals surface area contributed by atoms with Crippen molar-refractivity contribution in [2.75, 3.05) is 10.2 Å². The number of carbonyl (C=O) groups excluding carboxylic acids is 2. The van der Waals surface area contributed by atoms with Gasteiger partial charge in [-0.05, 0) is 54.4 Å². The molecule has 4 rings (SSSR count). The van der Waals surface area contributed by atoms with Crippen LogP contribution in [0.15, 0.2) is 66.4 Å². The molecule has 0 aliphatic carbocycles. The van der Waals surface area contributed by atoms with Crippen LogP contribution in [0.25, 0.3) is 5.57 Å². The first-order valence-corrected chi connectivity index (χ1v) is 9.89. The first-order valence-electron chi connectivity index (χ1n) is 9.14. The Kier molecular flexibility index (Phi) is 5.52. The van der Waals surface area contributed by atoms with Crippen molar-refractivity contribution in [3.05, 3.63) is 99.2 Å². The van der Waals surface area contributed by atoms with Gasteiger partial charge in [0.1, 0.15) is 5.70 Å². The number of hydrogen-bond acceptors (Lipinski definition) is 3. The quantitative estimate of drug-likeness (QED) is 0.489. The molecule has 156 valence electrons. The summed E-state index contributed by atoms with van der Waals surface area (Å²) in [5.41, 5.74) is 1.63. The van der Waals surface area contributed by atoms with Crippen molar-refractivity contribution in [3.8, 4) is 0 Å². The normalized spacial score (nSPS) is 13.9. The Morgan fingerprint density at radius 3 is 2.26 bits per heavy atom. The van der Waals surface area contributed by atoms with Crippen LogP contribution in [0.5, 0.6) is 0 Å². The van der Waals surface area contributed by atoms with Gasteiger partial charge in [-0.15, -0.1) is 0 Å². The van der Waals surface area contributed by atoms with Gasteiger partial charge in [0.2, 0.25) is 0 Å². The largest absolute Gasteiger partial charge is 0.350 e. The highest BCUT2D eigenvalue weighted by Gasteiger charge is 2.40. The Bertz CT molecular complexity index is 1260. The van der Waals surface area contributed by atoms with Gasteiger partial charge in [-0.25, -0.2) is 13.7 Å². The van der Waals surface area contributed by atoms with Crippen molar-refractivity contribution in [2.24, 2.45) is 0 Å². The molecule has 0 saturated carbocycles. The van der Waals surface area contributed by atoms with Gasteiger partial charge in [-0.1, -0.05) is 41.4 Å². The summed E-state index contributed by atoms with van der Waals surface area (Å²) in [5.74, 6) is -3.64. The van der Waals surface area contributed by atoms with Crippen molar-refractivity contribution < 1.29 is 18.4 Å². The third-order valence-corrected chi connectivity index (χ3v) is 5.57. The summed E-state index contributed by atoms with van der Waals surface area (Å²) in [7, 11) is 0. The highest BCUT2D eigenvalue weighted by Crippen LogP contribution is 2.35. The topological polar surface area (TPSA) is 49.4 Å². The predicted octanol–water partition coefficient (Wildman–Crippen LogP) is 5.98. The summed E-state index contributed by atoms with van der Waals surface area (Å²) in [4.78, 5) is 27.4. The fourth-order valence-corrected chi connectivity index (χ4v) is 3.57. The lowest BCUT2D eigenvalue weighted by Gasteiger charge is -2.16. The molecule has 3 aromatic rings. The molecule has 31 heavy (non-hydrogen) atoms. The van der Waals surface area contributed by atoms with Crippen LogP contribution < -0.4 is 10.2 Å². The van der Waals surface area contributed by atoms with Crippen molar-refractivity contribution in [1.82, 2.24) is 0 Å². The van der Waals surface area contributed by atoms with Gasteiger partial charge < -0.3 is 5.32 Å². The molecule has 0 radical (unpaired) electrons. The lowest BCUT2D eigenvalue weighted by Crippen LogP contribution is -2.32. The lowest BCUT2D eigenvalue weighted by atomic mass is 10.0. The Hall–Kier alpha value is -3.22. The van der Waals surface area contributed by atoms with E-state index in [0.29, 0.717) is 26.9 Å². The van der Waals surface area contributed by atoms with E-state index in [2.05, 4.69) is 5.32 Å². The number of hydrogen-bond donors (Lipinski definition) is 1. The summed E-state index contributed by atoms with van der Waals surface area (Å²) in [6.45, 7) is 1.77. The van der Waals surface area contributed by atoms with Crippen LogP contribution in [0.3, 0.4) is 0 Å². The number of rotatable bonds is 4. The molecule has 4 nitrogen and oxygen atoms in total. The average Bonchev–Trinajstić information content (AvgIpc) is 2.98. The molecular weight excluding hydrogens is 445 g/mol. The van der Waals surface area contributed by atoms with E-state index in [1.165, 1.54) is 6.07 Å². The number of carbonyl (C=O) groups is 2. The number of benzene rings is 3. The van der Waals surface area contributed by atoms with Gasteiger partial charge in [-0.2, -0.15) is 0 Å². The summed E-state index contributed by atoms with van der Waals surface area (Å²) in [5, 5.41) is 3.94. The Morgan fingerprint density at radius 2 is 1.58 bits per heavy atom. The molecule has 0 aromatic heterocycles. The van der Waals surface area contributed by atoms with Crippen LogP contribution in [0.2, 0.25) is 10.0 Å². The first kappa shape index (κ1) is 21.0. The van der Waals surface area contributed by atoms with Gasteiger partial charge >= 0.3 is 0 Å². The summed E-state index contributed by atoms with van der Waals surface area (Å²) < 4.78 is 27.2. The second kappa shape index (κ2) is 8.13. The van der Waals surface area contributed by atoms with Gasteiger partial charge in [0.25, 0.3) is 11.8 Å². The minimum absolute atomic E-state index is 0.0116. The molecular formula is C23H14Cl2F2N2O2. The molecule has 0 saturated heterocycles. The molecule has 0 unspecified atom stereocenters. The minimum Gasteiger partial charge on any atom is -0.350 e. The highest BCUT2D eigenvalue weighted by molar-refractivity contribution is 6.46. The predicted molar refractivity (Wildman–Crippen MR) is 117 cm³/mol. The number of halogens is 4. The fourth-order valence-electron chi connectivity index (χ4n) is 3.27. The van der Waals surface area contributed by atoms with Crippen molar-refractivity contribution in [3.63, 3.8) is 0 Å². The molecule has 1 heterocycles. The van der Waals surface area contributed by atoms with Gasteiger partial charge in [0.05, 0.1) is 11.3 Å². The molecule has 0 fully saturated rings. The van der Waals surface area contributed by atoms with E-state index in [1.54, 1.807) is 49.4 Å². The zero-order valence-electron chi connectivity index (χ0n) is 16.0. The summed E-state index contributed by atoms with van der Waals surface area (Å²) in [6, 6.07) is 14.3. The Balaban J connectivity index is 1.85. The van der Waals surface area contributed by atoms with Gasteiger partial charge in [0.15, 0.2) is 11.6 Å². The number of amides is 2. The molecule has 2 amide bonds. The Labute approximate surface area is 186 Å². The molecule has 1 aliphatic heterocycles. The van der Waals surface area contributed by atoms with E-state index < -0.39 is 23.4 Å². The zero-order valence-corrected chi connectivity index (χ0v) is 17.6. The number of nitrogens with zero attached hydrogens (tertiary/aromatic N) is 1. The molecule has 3 aromatic carbocycles. The second-order valence-corrected chi connectivity index (χ2v) is 7.68. The SMILES string of the molecule is Cc1c(Cl)cccc1NC1=C(c2ccc(Cl)cc2)C(=O)N(c2ccc(F)c(F)c2)C1=O. The molecule has 0 spiro atoms. The molecule has 1 aliphatic rings. The number of nitrogens with one attached hydrogen (secondary N) is 1. The van der Waals surface area contributed by atoms with Crippen LogP contribution in [0, 0.1) is 18.6 Å². The van der Waals surface area contributed by atoms with Crippen molar-refractivity contribution >= 4 is 52.0 Å². The lowest BCUT2D eigenvalue weighted by molar-refractivity contribution is -0.120. The summed E-state index contributed by atoms with van der Waals surface area (Å²) in [6.07, 6.45) is 0. The molecule has 0 atom stereocenters. The average molecular weight is 459 g/mol. The Morgan fingerprint density at radius 1 is 0.871 bits per heavy atom. The highest BCUT2D eigenvalue weighted by atomic mass is 35.5. The smallest absolute Gasteiger partial charge is 0.282 e. The molecule has 0 bridgehead atoms. The van der Waals surface area contributed by atoms with Crippen molar-refractivity contribution in [2.45, 2.75) is 6.92 Å². The minimum atomic E-state index is -1.17. The maximum absolute atomic E-state index is 13.8. The van der Waals surface area contributed by atoms with E-state index in [9.17, 15) is 18.4 Å². The standard InChI is InChI=1S/C23H14Cl2F2N2O2/c1-12-16(25)3-2-4-19(12)28-21-20(13-5-7-14(24)8-6-13)22(30)29(23(21)31)15-9-10-17(26)18(27)11-15/h2-11,28H,1H3. The molecule has 1 N–H and O–H groups in total. The van der Waals surface area contributed by atoms with E-state index in [1.807, 2.05) is 0 Å². The zero-order chi connectivity index (χ0) is 22.3. The van der Waals surface area contributed by atoms with E-state index in [0.717, 1.165) is 17.0 Å². The van der Waals surface area contributed by atoms with Crippen LogP contribution in [0.4, 0.5) is 20.2 Å². The van der Waals surface area contributed by atoms with Crippen molar-refractivity contribution in [1.29, 1.82) is 0 Å². The third kappa shape index (κ3) is 3.80. The maximum atomic E-state index is 13.8. The van der Waals surface area contributed by atoms with Gasteiger partial charge in [0, 0.05) is 21.8 Å². The maximum Gasteiger partial charge on any atom is 0.282 e. The number of anilines is 2. The second-order valence-electron chi connectivity index (χ2n) is 6.84. The van der Waals surface area contributed by atoms with E-state index in [4.69, 9.17) is 23.2 Å². The van der Waals surface area contributed by atoms with Crippen LogP contribution in [-0.4, -0.2) is 11.8 Å². The van der Waals surface area contributed by atoms with E-state index in [-0.39, 0.29) is 17.0 Å². The van der Waals surface area contributed by atoms with E-state index >= 15 is 0 Å². The third-order valence-electron chi connectivity index (χ3n) is 4.91. The van der Waals surface area contributed by atoms with Crippen LogP contribution in [-0.2, 0) is 9.59 Å². The molecule has 8 heteroatoms. The van der Waals surface area contributed by atoms with Gasteiger partial charge in [-0.3, -0.25) is 9.59 Å². The number of imide groups is 1. The first-order chi connectivity index (χ1) is 14.8. The van der Waals surface area contributed by atoms with Crippen LogP contribution >= 0.6 is 23.2 Å². The summed E-state index contributed by atoms with van der Waals surface area (Å²) >= 11 is 12.1. The fraction of sp³-hybridized carbons (Fsp3) is 0.0435.